The number of hydrogen-bond donors (Lipinski definition) is 1. The molecule has 0 atom stereocenters. The number of aromatic nitrogens is 3. The molecule has 0 aliphatic carbocycles. The molecule has 0 spiro atoms. The first-order valence-electron chi connectivity index (χ1n) is 6.77. The quantitative estimate of drug-likeness (QED) is 0.878. The van der Waals surface area contributed by atoms with Gasteiger partial charge in [-0.25, -0.2) is 4.79 Å². The van der Waals surface area contributed by atoms with Crippen molar-refractivity contribution >= 4 is 5.97 Å². The highest BCUT2D eigenvalue weighted by atomic mass is 16.5. The van der Waals surface area contributed by atoms with E-state index in [0.717, 1.165) is 13.0 Å². The van der Waals surface area contributed by atoms with Gasteiger partial charge >= 0.3 is 5.97 Å². The second kappa shape index (κ2) is 5.90. The Balaban J connectivity index is 2.39. The highest BCUT2D eigenvalue weighted by Crippen LogP contribution is 2.26. The molecule has 2 aromatic heterocycles. The second-order valence-corrected chi connectivity index (χ2v) is 5.22. The van der Waals surface area contributed by atoms with Crippen molar-refractivity contribution in [1.29, 1.82) is 0 Å². The van der Waals surface area contributed by atoms with Crippen molar-refractivity contribution in [3.8, 4) is 11.3 Å². The molecule has 0 aliphatic heterocycles. The zero-order valence-electron chi connectivity index (χ0n) is 12.0. The third-order valence-electron chi connectivity index (χ3n) is 2.93. The fraction of sp³-hybridized carbons (Fsp3) is 0.500. The number of carboxylic acids is 1. The van der Waals surface area contributed by atoms with Gasteiger partial charge in [0.1, 0.15) is 11.3 Å². The summed E-state index contributed by atoms with van der Waals surface area (Å²) in [5.41, 5.74) is 1.18. The molecule has 0 amide bonds. The fourth-order valence-electron chi connectivity index (χ4n) is 2.09. The van der Waals surface area contributed by atoms with E-state index in [1.54, 1.807) is 17.1 Å². The number of nitrogens with zero attached hydrogens (tertiary/aromatic N) is 3. The van der Waals surface area contributed by atoms with Crippen LogP contribution in [0.1, 0.15) is 43.3 Å². The van der Waals surface area contributed by atoms with Crippen molar-refractivity contribution in [2.24, 2.45) is 5.92 Å². The summed E-state index contributed by atoms with van der Waals surface area (Å²) >= 11 is 0. The molecule has 0 saturated heterocycles. The van der Waals surface area contributed by atoms with E-state index in [9.17, 15) is 9.90 Å². The average Bonchev–Trinajstić information content (AvgIpc) is 2.95. The van der Waals surface area contributed by atoms with Gasteiger partial charge in [-0.05, 0) is 12.3 Å². The van der Waals surface area contributed by atoms with E-state index in [1.807, 2.05) is 13.8 Å². The molecule has 1 N–H and O–H groups in total. The summed E-state index contributed by atoms with van der Waals surface area (Å²) in [4.78, 5) is 11.5. The van der Waals surface area contributed by atoms with Gasteiger partial charge in [0.2, 0.25) is 0 Å². The predicted octanol–water partition coefficient (Wildman–Crippen LogP) is 2.84. The molecular formula is C14H19N3O3. The van der Waals surface area contributed by atoms with Crippen LogP contribution in [0.5, 0.6) is 0 Å². The second-order valence-electron chi connectivity index (χ2n) is 5.22. The number of hydrogen-bond acceptors (Lipinski definition) is 4. The van der Waals surface area contributed by atoms with Crippen molar-refractivity contribution < 1.29 is 14.4 Å². The number of carboxylic acid groups (broad SMARTS) is 1. The summed E-state index contributed by atoms with van der Waals surface area (Å²) in [7, 11) is 0. The largest absolute Gasteiger partial charge is 0.477 e. The van der Waals surface area contributed by atoms with Crippen LogP contribution in [0, 0.1) is 5.92 Å². The van der Waals surface area contributed by atoms with E-state index < -0.39 is 5.97 Å². The molecule has 0 fully saturated rings. The predicted molar refractivity (Wildman–Crippen MR) is 73.5 cm³/mol. The Morgan fingerprint density at radius 2 is 2.25 bits per heavy atom. The molecule has 6 heteroatoms. The number of aryl methyl sites for hydroxylation is 1. The first-order valence-corrected chi connectivity index (χ1v) is 6.77. The van der Waals surface area contributed by atoms with E-state index in [4.69, 9.17) is 4.52 Å². The number of rotatable bonds is 6. The van der Waals surface area contributed by atoms with Gasteiger partial charge in [-0.1, -0.05) is 25.9 Å². The van der Waals surface area contributed by atoms with Gasteiger partial charge in [-0.15, -0.1) is 0 Å². The lowest BCUT2D eigenvalue weighted by Crippen LogP contribution is -2.03. The Morgan fingerprint density at radius 1 is 1.50 bits per heavy atom. The van der Waals surface area contributed by atoms with E-state index in [-0.39, 0.29) is 5.56 Å². The number of carbonyl (C=O) groups is 1. The van der Waals surface area contributed by atoms with E-state index in [1.165, 1.54) is 0 Å². The standard InChI is InChI=1S/C14H19N3O3/c1-4-5-17-8-10(7-15-17)13-12(14(18)19)11(20-16-13)6-9(2)3/h7-9H,4-6H2,1-3H3,(H,18,19). The molecule has 0 unspecified atom stereocenters. The van der Waals surface area contributed by atoms with Crippen LogP contribution in [-0.2, 0) is 13.0 Å². The van der Waals surface area contributed by atoms with E-state index in [2.05, 4.69) is 17.2 Å². The summed E-state index contributed by atoms with van der Waals surface area (Å²) in [6.45, 7) is 6.86. The Kier molecular flexibility index (Phi) is 4.22. The SMILES string of the molecule is CCCn1cc(-c2noc(CC(C)C)c2C(=O)O)cn1. The van der Waals surface area contributed by atoms with Gasteiger partial charge in [0.25, 0.3) is 0 Å². The Morgan fingerprint density at radius 3 is 2.85 bits per heavy atom. The minimum Gasteiger partial charge on any atom is -0.477 e. The van der Waals surface area contributed by atoms with Gasteiger partial charge in [0.05, 0.1) is 6.20 Å². The molecule has 0 radical (unpaired) electrons. The molecule has 2 aromatic rings. The monoisotopic (exact) mass is 277 g/mol. The van der Waals surface area contributed by atoms with Crippen LogP contribution >= 0.6 is 0 Å². The van der Waals surface area contributed by atoms with Gasteiger partial charge in [0.15, 0.2) is 5.76 Å². The maximum atomic E-state index is 11.5. The van der Waals surface area contributed by atoms with E-state index in [0.29, 0.717) is 29.4 Å². The minimum absolute atomic E-state index is 0.148. The van der Waals surface area contributed by atoms with E-state index >= 15 is 0 Å². The Bertz CT molecular complexity index is 599. The fourth-order valence-corrected chi connectivity index (χ4v) is 2.09. The average molecular weight is 277 g/mol. The lowest BCUT2D eigenvalue weighted by molar-refractivity contribution is 0.0695. The van der Waals surface area contributed by atoms with Crippen molar-refractivity contribution in [2.45, 2.75) is 40.2 Å². The first kappa shape index (κ1) is 14.3. The van der Waals surface area contributed by atoms with Crippen LogP contribution in [-0.4, -0.2) is 26.0 Å². The van der Waals surface area contributed by atoms with Gasteiger partial charge in [-0.2, -0.15) is 5.10 Å². The van der Waals surface area contributed by atoms with Crippen molar-refractivity contribution in [2.75, 3.05) is 0 Å². The minimum atomic E-state index is -1.01. The normalized spacial score (nSPS) is 11.2. The maximum absolute atomic E-state index is 11.5. The molecule has 6 nitrogen and oxygen atoms in total. The highest BCUT2D eigenvalue weighted by molar-refractivity contribution is 5.95. The van der Waals surface area contributed by atoms with Crippen LogP contribution in [0.15, 0.2) is 16.9 Å². The third kappa shape index (κ3) is 2.89. The molecule has 108 valence electrons. The molecule has 0 aliphatic rings. The van der Waals surface area contributed by atoms with Crippen LogP contribution in [0.3, 0.4) is 0 Å². The van der Waals surface area contributed by atoms with Crippen molar-refractivity contribution in [3.63, 3.8) is 0 Å². The van der Waals surface area contributed by atoms with Crippen molar-refractivity contribution in [3.05, 3.63) is 23.7 Å². The Labute approximate surface area is 117 Å². The molecule has 0 bridgehead atoms. The van der Waals surface area contributed by atoms with Crippen LogP contribution in [0.25, 0.3) is 11.3 Å². The first-order chi connectivity index (χ1) is 9.52. The maximum Gasteiger partial charge on any atom is 0.341 e. The lowest BCUT2D eigenvalue weighted by atomic mass is 10.0. The van der Waals surface area contributed by atoms with Crippen LogP contribution < -0.4 is 0 Å². The van der Waals surface area contributed by atoms with Gasteiger partial charge in [-0.3, -0.25) is 4.68 Å². The summed E-state index contributed by atoms with van der Waals surface area (Å²) in [6, 6.07) is 0. The topological polar surface area (TPSA) is 81.2 Å². The van der Waals surface area contributed by atoms with Gasteiger partial charge < -0.3 is 9.63 Å². The van der Waals surface area contributed by atoms with Crippen LogP contribution in [0.2, 0.25) is 0 Å². The summed E-state index contributed by atoms with van der Waals surface area (Å²) in [6.07, 6.45) is 4.94. The Hall–Kier alpha value is -2.11. The zero-order chi connectivity index (χ0) is 14.7. The molecule has 2 heterocycles. The molecule has 0 saturated carbocycles. The summed E-state index contributed by atoms with van der Waals surface area (Å²) in [5, 5.41) is 17.5. The summed E-state index contributed by atoms with van der Waals surface area (Å²) in [5.74, 6) is -0.289. The lowest BCUT2D eigenvalue weighted by Gasteiger charge is -2.01. The highest BCUT2D eigenvalue weighted by Gasteiger charge is 2.24. The molecule has 2 rings (SSSR count). The van der Waals surface area contributed by atoms with Crippen molar-refractivity contribution in [1.82, 2.24) is 14.9 Å². The smallest absolute Gasteiger partial charge is 0.341 e. The van der Waals surface area contributed by atoms with Gasteiger partial charge in [0, 0.05) is 24.7 Å². The third-order valence-corrected chi connectivity index (χ3v) is 2.93. The van der Waals surface area contributed by atoms with Crippen LogP contribution in [0.4, 0.5) is 0 Å². The summed E-state index contributed by atoms with van der Waals surface area (Å²) < 4.78 is 7.00. The number of aromatic carboxylic acids is 1. The zero-order valence-corrected chi connectivity index (χ0v) is 12.0. The molecular weight excluding hydrogens is 258 g/mol. The molecule has 20 heavy (non-hydrogen) atoms. The molecule has 0 aromatic carbocycles.